The second-order valence-electron chi connectivity index (χ2n) is 6.48. The summed E-state index contributed by atoms with van der Waals surface area (Å²) in [5.41, 5.74) is 1.44. The second kappa shape index (κ2) is 7.27. The Balaban J connectivity index is 1.67. The van der Waals surface area contributed by atoms with Crippen LogP contribution in [0.2, 0.25) is 5.02 Å². The van der Waals surface area contributed by atoms with E-state index in [0.29, 0.717) is 36.6 Å². The Bertz CT molecular complexity index is 789. The van der Waals surface area contributed by atoms with Crippen molar-refractivity contribution in [3.63, 3.8) is 0 Å². The van der Waals surface area contributed by atoms with Crippen LogP contribution in [-0.4, -0.2) is 44.8 Å². The van der Waals surface area contributed by atoms with E-state index in [1.54, 1.807) is 22.0 Å². The number of carboxylic acid groups (broad SMARTS) is 1. The van der Waals surface area contributed by atoms with E-state index in [0.717, 1.165) is 5.56 Å². The number of benzene rings is 1. The molecule has 0 aliphatic carbocycles. The molecule has 0 spiro atoms. The SMILES string of the molecule is CC1CN(C(=O)c2cnn(Cc3ccccc3Cl)c2)CCC1C(=O)O. The molecule has 0 radical (unpaired) electrons. The van der Waals surface area contributed by atoms with Crippen LogP contribution in [0.5, 0.6) is 0 Å². The fourth-order valence-electron chi connectivity index (χ4n) is 3.24. The Morgan fingerprint density at radius 1 is 1.36 bits per heavy atom. The Kier molecular flexibility index (Phi) is 5.08. The Morgan fingerprint density at radius 3 is 2.80 bits per heavy atom. The van der Waals surface area contributed by atoms with Gasteiger partial charge in [0.05, 0.1) is 24.2 Å². The molecule has 6 nitrogen and oxygen atoms in total. The molecule has 132 valence electrons. The number of carboxylic acids is 1. The van der Waals surface area contributed by atoms with Gasteiger partial charge >= 0.3 is 5.97 Å². The third-order valence-electron chi connectivity index (χ3n) is 4.68. The lowest BCUT2D eigenvalue weighted by molar-refractivity contribution is -0.145. The van der Waals surface area contributed by atoms with Gasteiger partial charge in [0.2, 0.25) is 0 Å². The van der Waals surface area contributed by atoms with Crippen LogP contribution in [0, 0.1) is 11.8 Å². The molecule has 1 aliphatic heterocycles. The van der Waals surface area contributed by atoms with Crippen LogP contribution in [0.4, 0.5) is 0 Å². The fraction of sp³-hybridized carbons (Fsp3) is 0.389. The first-order valence-electron chi connectivity index (χ1n) is 8.23. The van der Waals surface area contributed by atoms with E-state index >= 15 is 0 Å². The molecule has 25 heavy (non-hydrogen) atoms. The normalized spacial score (nSPS) is 20.5. The minimum absolute atomic E-state index is 0.0617. The van der Waals surface area contributed by atoms with Crippen molar-refractivity contribution in [3.05, 3.63) is 52.8 Å². The molecule has 1 fully saturated rings. The standard InChI is InChI=1S/C18H20ClN3O3/c1-12-9-21(7-6-15(12)18(24)25)17(23)14-8-20-22(11-14)10-13-4-2-3-5-16(13)19/h2-5,8,11-12,15H,6-7,9-10H2,1H3,(H,24,25). The number of rotatable bonds is 4. The molecule has 1 aliphatic rings. The van der Waals surface area contributed by atoms with Gasteiger partial charge in [-0.05, 0) is 24.0 Å². The quantitative estimate of drug-likeness (QED) is 0.908. The van der Waals surface area contributed by atoms with Gasteiger partial charge in [-0.2, -0.15) is 5.10 Å². The van der Waals surface area contributed by atoms with Crippen molar-refractivity contribution in [2.75, 3.05) is 13.1 Å². The summed E-state index contributed by atoms with van der Waals surface area (Å²) >= 11 is 6.16. The summed E-state index contributed by atoms with van der Waals surface area (Å²) < 4.78 is 1.68. The van der Waals surface area contributed by atoms with Gasteiger partial charge in [0.15, 0.2) is 0 Å². The number of carbonyl (C=O) groups is 2. The maximum Gasteiger partial charge on any atom is 0.306 e. The van der Waals surface area contributed by atoms with Gasteiger partial charge in [0.1, 0.15) is 0 Å². The molecule has 2 unspecified atom stereocenters. The number of piperidine rings is 1. The average molecular weight is 362 g/mol. The van der Waals surface area contributed by atoms with Crippen LogP contribution in [0.25, 0.3) is 0 Å². The van der Waals surface area contributed by atoms with Crippen LogP contribution in [0.1, 0.15) is 29.3 Å². The van der Waals surface area contributed by atoms with E-state index < -0.39 is 5.97 Å². The highest BCUT2D eigenvalue weighted by Crippen LogP contribution is 2.24. The van der Waals surface area contributed by atoms with Crippen molar-refractivity contribution >= 4 is 23.5 Å². The van der Waals surface area contributed by atoms with Crippen molar-refractivity contribution in [1.29, 1.82) is 0 Å². The molecule has 3 rings (SSSR count). The van der Waals surface area contributed by atoms with Crippen LogP contribution in [0.3, 0.4) is 0 Å². The summed E-state index contributed by atoms with van der Waals surface area (Å²) in [7, 11) is 0. The van der Waals surface area contributed by atoms with Crippen LogP contribution >= 0.6 is 11.6 Å². The molecule has 2 aromatic rings. The largest absolute Gasteiger partial charge is 0.481 e. The summed E-state index contributed by atoms with van der Waals surface area (Å²) in [5.74, 6) is -1.34. The second-order valence-corrected chi connectivity index (χ2v) is 6.89. The molecule has 7 heteroatoms. The number of carbonyl (C=O) groups excluding carboxylic acids is 1. The highest BCUT2D eigenvalue weighted by atomic mass is 35.5. The minimum atomic E-state index is -0.785. The van der Waals surface area contributed by atoms with Gasteiger partial charge in [-0.25, -0.2) is 0 Å². The zero-order chi connectivity index (χ0) is 18.0. The lowest BCUT2D eigenvalue weighted by Gasteiger charge is -2.34. The highest BCUT2D eigenvalue weighted by molar-refractivity contribution is 6.31. The fourth-order valence-corrected chi connectivity index (χ4v) is 3.44. The van der Waals surface area contributed by atoms with Crippen LogP contribution < -0.4 is 0 Å². The lowest BCUT2D eigenvalue weighted by atomic mass is 9.87. The van der Waals surface area contributed by atoms with Gasteiger partial charge < -0.3 is 10.0 Å². The van der Waals surface area contributed by atoms with Gasteiger partial charge in [0, 0.05) is 24.3 Å². The number of halogens is 1. The lowest BCUT2D eigenvalue weighted by Crippen LogP contribution is -2.44. The molecular formula is C18H20ClN3O3. The van der Waals surface area contributed by atoms with Crippen molar-refractivity contribution in [2.24, 2.45) is 11.8 Å². The van der Waals surface area contributed by atoms with Gasteiger partial charge in [-0.1, -0.05) is 36.7 Å². The molecule has 1 N–H and O–H groups in total. The van der Waals surface area contributed by atoms with Crippen LogP contribution in [-0.2, 0) is 11.3 Å². The molecule has 0 saturated carbocycles. The zero-order valence-corrected chi connectivity index (χ0v) is 14.7. The summed E-state index contributed by atoms with van der Waals surface area (Å²) in [4.78, 5) is 25.6. The summed E-state index contributed by atoms with van der Waals surface area (Å²) in [5, 5.41) is 14.1. The zero-order valence-electron chi connectivity index (χ0n) is 13.9. The van der Waals surface area contributed by atoms with E-state index in [1.807, 2.05) is 31.2 Å². The van der Waals surface area contributed by atoms with Gasteiger partial charge in [-0.15, -0.1) is 0 Å². The van der Waals surface area contributed by atoms with E-state index in [1.165, 1.54) is 0 Å². The first kappa shape index (κ1) is 17.5. The topological polar surface area (TPSA) is 75.4 Å². The number of amides is 1. The van der Waals surface area contributed by atoms with E-state index in [4.69, 9.17) is 11.6 Å². The number of hydrogen-bond donors (Lipinski definition) is 1. The molecule has 1 aromatic carbocycles. The predicted octanol–water partition coefficient (Wildman–Crippen LogP) is 2.77. The van der Waals surface area contributed by atoms with Crippen molar-refractivity contribution in [1.82, 2.24) is 14.7 Å². The molecular weight excluding hydrogens is 342 g/mol. The molecule has 2 heterocycles. The number of hydrogen-bond acceptors (Lipinski definition) is 3. The highest BCUT2D eigenvalue weighted by Gasteiger charge is 2.33. The number of likely N-dealkylation sites (tertiary alicyclic amines) is 1. The van der Waals surface area contributed by atoms with E-state index in [-0.39, 0.29) is 17.7 Å². The summed E-state index contributed by atoms with van der Waals surface area (Å²) in [6, 6.07) is 7.51. The maximum absolute atomic E-state index is 12.7. The molecule has 1 saturated heterocycles. The Hall–Kier alpha value is -2.34. The third-order valence-corrected chi connectivity index (χ3v) is 5.05. The monoisotopic (exact) mass is 361 g/mol. The smallest absolute Gasteiger partial charge is 0.306 e. The minimum Gasteiger partial charge on any atom is -0.481 e. The molecule has 1 amide bonds. The van der Waals surface area contributed by atoms with E-state index in [2.05, 4.69) is 5.10 Å². The van der Waals surface area contributed by atoms with E-state index in [9.17, 15) is 14.7 Å². The third kappa shape index (κ3) is 3.85. The van der Waals surface area contributed by atoms with Crippen molar-refractivity contribution in [2.45, 2.75) is 19.9 Å². The Labute approximate surface area is 151 Å². The number of nitrogens with zero attached hydrogens (tertiary/aromatic N) is 3. The van der Waals surface area contributed by atoms with Gasteiger partial charge in [0.25, 0.3) is 5.91 Å². The van der Waals surface area contributed by atoms with Crippen molar-refractivity contribution < 1.29 is 14.7 Å². The van der Waals surface area contributed by atoms with Crippen LogP contribution in [0.15, 0.2) is 36.7 Å². The first-order valence-corrected chi connectivity index (χ1v) is 8.61. The van der Waals surface area contributed by atoms with Gasteiger partial charge in [-0.3, -0.25) is 14.3 Å². The molecule has 2 atom stereocenters. The summed E-state index contributed by atoms with van der Waals surface area (Å²) in [6.07, 6.45) is 3.74. The predicted molar refractivity (Wildman–Crippen MR) is 93.6 cm³/mol. The Morgan fingerprint density at radius 2 is 2.12 bits per heavy atom. The first-order chi connectivity index (χ1) is 12.0. The summed E-state index contributed by atoms with van der Waals surface area (Å²) in [6.45, 7) is 3.27. The molecule has 0 bridgehead atoms. The maximum atomic E-state index is 12.7. The number of aliphatic carboxylic acids is 1. The van der Waals surface area contributed by atoms with Crippen molar-refractivity contribution in [3.8, 4) is 0 Å². The molecule has 1 aromatic heterocycles. The number of aromatic nitrogens is 2. The average Bonchev–Trinajstić information content (AvgIpc) is 3.04.